The first-order valence-electron chi connectivity index (χ1n) is 7.19. The van der Waals surface area contributed by atoms with Crippen molar-refractivity contribution in [2.75, 3.05) is 24.5 Å². The first-order valence-corrected chi connectivity index (χ1v) is 7.19. The Kier molecular flexibility index (Phi) is 4.58. The van der Waals surface area contributed by atoms with Gasteiger partial charge < -0.3 is 14.8 Å². The van der Waals surface area contributed by atoms with Crippen molar-refractivity contribution in [3.63, 3.8) is 0 Å². The molecule has 0 saturated carbocycles. The topological polar surface area (TPSA) is 50.2 Å². The molecule has 5 nitrogen and oxygen atoms in total. The largest absolute Gasteiger partial charge is 0.351 e. The lowest BCUT2D eigenvalue weighted by Gasteiger charge is -2.25. The normalized spacial score (nSPS) is 19.1. The van der Waals surface area contributed by atoms with Gasteiger partial charge in [-0.1, -0.05) is 0 Å². The van der Waals surface area contributed by atoms with E-state index in [-0.39, 0.29) is 11.6 Å². The van der Waals surface area contributed by atoms with Gasteiger partial charge in [0.25, 0.3) is 5.56 Å². The quantitative estimate of drug-likeness (QED) is 0.873. The van der Waals surface area contributed by atoms with Crippen LogP contribution in [0.4, 0.5) is 5.82 Å². The van der Waals surface area contributed by atoms with E-state index in [1.165, 1.54) is 12.8 Å². The predicted octanol–water partition coefficient (Wildman–Crippen LogP) is 1.40. The van der Waals surface area contributed by atoms with E-state index in [4.69, 9.17) is 0 Å². The van der Waals surface area contributed by atoms with Crippen molar-refractivity contribution in [1.82, 2.24) is 14.9 Å². The smallest absolute Gasteiger partial charge is 0.293 e. The van der Waals surface area contributed by atoms with Crippen molar-refractivity contribution < 1.29 is 0 Å². The van der Waals surface area contributed by atoms with Crippen LogP contribution in [-0.4, -0.2) is 35.2 Å². The van der Waals surface area contributed by atoms with Crippen molar-refractivity contribution in [2.45, 2.75) is 45.7 Å². The third kappa shape index (κ3) is 3.15. The molecule has 0 bridgehead atoms. The molecule has 1 saturated heterocycles. The van der Waals surface area contributed by atoms with Gasteiger partial charge in [0.1, 0.15) is 0 Å². The van der Waals surface area contributed by atoms with E-state index in [0.29, 0.717) is 11.9 Å². The minimum atomic E-state index is 0.0114. The van der Waals surface area contributed by atoms with Gasteiger partial charge in [0.15, 0.2) is 5.82 Å². The molecule has 1 aromatic heterocycles. The zero-order valence-corrected chi connectivity index (χ0v) is 12.1. The van der Waals surface area contributed by atoms with Gasteiger partial charge in [0.05, 0.1) is 0 Å². The summed E-state index contributed by atoms with van der Waals surface area (Å²) in [6, 6.07) is 0.645. The van der Waals surface area contributed by atoms with Crippen LogP contribution >= 0.6 is 0 Å². The Bertz CT molecular complexity index is 463. The zero-order valence-electron chi connectivity index (χ0n) is 12.1. The maximum Gasteiger partial charge on any atom is 0.293 e. The fraction of sp³-hybridized carbons (Fsp3) is 0.714. The Labute approximate surface area is 114 Å². The number of aromatic nitrogens is 2. The van der Waals surface area contributed by atoms with Crippen LogP contribution in [0.3, 0.4) is 0 Å². The zero-order chi connectivity index (χ0) is 13.8. The Balaban J connectivity index is 2.22. The summed E-state index contributed by atoms with van der Waals surface area (Å²) in [7, 11) is 0. The molecular weight excluding hydrogens is 240 g/mol. The molecule has 1 N–H and O–H groups in total. The van der Waals surface area contributed by atoms with Crippen LogP contribution in [0.5, 0.6) is 0 Å². The summed E-state index contributed by atoms with van der Waals surface area (Å²) in [5.74, 6) is 0.576. The van der Waals surface area contributed by atoms with E-state index in [1.54, 1.807) is 17.0 Å². The summed E-state index contributed by atoms with van der Waals surface area (Å²) in [6.45, 7) is 8.85. The molecule has 106 valence electrons. The summed E-state index contributed by atoms with van der Waals surface area (Å²) in [4.78, 5) is 18.8. The number of rotatable bonds is 5. The van der Waals surface area contributed by atoms with Gasteiger partial charge in [-0.05, 0) is 40.2 Å². The van der Waals surface area contributed by atoms with Crippen molar-refractivity contribution in [2.24, 2.45) is 0 Å². The number of nitrogens with zero attached hydrogens (tertiary/aromatic N) is 3. The first-order chi connectivity index (χ1) is 9.13. The standard InChI is InChI=1S/C14H24N4O/c1-4-17(10-12-6-5-7-15-12)13-14(19)18(11(2)3)9-8-16-13/h8-9,11-12,15H,4-7,10H2,1-3H3. The Morgan fingerprint density at radius 2 is 2.37 bits per heavy atom. The second-order valence-electron chi connectivity index (χ2n) is 5.39. The van der Waals surface area contributed by atoms with Crippen molar-refractivity contribution in [3.8, 4) is 0 Å². The van der Waals surface area contributed by atoms with Crippen LogP contribution in [0.1, 0.15) is 39.7 Å². The second kappa shape index (κ2) is 6.19. The molecule has 0 spiro atoms. The van der Waals surface area contributed by atoms with Crippen molar-refractivity contribution in [1.29, 1.82) is 0 Å². The molecule has 1 aromatic rings. The van der Waals surface area contributed by atoms with Gasteiger partial charge in [-0.2, -0.15) is 0 Å². The van der Waals surface area contributed by atoms with Crippen molar-refractivity contribution in [3.05, 3.63) is 22.7 Å². The third-order valence-electron chi connectivity index (χ3n) is 3.69. The van der Waals surface area contributed by atoms with Gasteiger partial charge in [0, 0.05) is 37.6 Å². The molecule has 2 heterocycles. The number of hydrogen-bond acceptors (Lipinski definition) is 4. The lowest BCUT2D eigenvalue weighted by atomic mass is 10.2. The molecule has 1 fully saturated rings. The summed E-state index contributed by atoms with van der Waals surface area (Å²) in [5.41, 5.74) is 0.0114. The predicted molar refractivity (Wildman–Crippen MR) is 77.8 cm³/mol. The first kappa shape index (κ1) is 14.1. The van der Waals surface area contributed by atoms with Gasteiger partial charge in [-0.25, -0.2) is 4.98 Å². The lowest BCUT2D eigenvalue weighted by molar-refractivity contribution is 0.557. The van der Waals surface area contributed by atoms with E-state index in [1.807, 2.05) is 13.8 Å². The minimum Gasteiger partial charge on any atom is -0.351 e. The monoisotopic (exact) mass is 264 g/mol. The summed E-state index contributed by atoms with van der Waals surface area (Å²) in [6.07, 6.45) is 5.89. The Morgan fingerprint density at radius 1 is 1.58 bits per heavy atom. The molecule has 0 aromatic carbocycles. The summed E-state index contributed by atoms with van der Waals surface area (Å²) >= 11 is 0. The fourth-order valence-electron chi connectivity index (χ4n) is 2.58. The molecule has 1 atom stereocenters. The molecule has 0 aliphatic carbocycles. The molecule has 0 amide bonds. The molecule has 1 unspecified atom stereocenters. The maximum atomic E-state index is 12.4. The highest BCUT2D eigenvalue weighted by atomic mass is 16.1. The average Bonchev–Trinajstić information content (AvgIpc) is 2.89. The van der Waals surface area contributed by atoms with Crippen molar-refractivity contribution >= 4 is 5.82 Å². The third-order valence-corrected chi connectivity index (χ3v) is 3.69. The van der Waals surface area contributed by atoms with E-state index in [0.717, 1.165) is 19.6 Å². The SMILES string of the molecule is CCN(CC1CCCN1)c1nccn(C(C)C)c1=O. The minimum absolute atomic E-state index is 0.0114. The molecule has 1 aliphatic rings. The van der Waals surface area contributed by atoms with Crippen LogP contribution < -0.4 is 15.8 Å². The van der Waals surface area contributed by atoms with Gasteiger partial charge in [0.2, 0.25) is 0 Å². The highest BCUT2D eigenvalue weighted by Gasteiger charge is 2.20. The molecule has 5 heteroatoms. The molecule has 1 aliphatic heterocycles. The van der Waals surface area contributed by atoms with Crippen LogP contribution in [0.2, 0.25) is 0 Å². The molecule has 2 rings (SSSR count). The Morgan fingerprint density at radius 3 is 2.95 bits per heavy atom. The van der Waals surface area contributed by atoms with Crippen LogP contribution in [0.25, 0.3) is 0 Å². The van der Waals surface area contributed by atoms with E-state index >= 15 is 0 Å². The molecular formula is C14H24N4O. The van der Waals surface area contributed by atoms with E-state index in [9.17, 15) is 4.79 Å². The second-order valence-corrected chi connectivity index (χ2v) is 5.39. The number of hydrogen-bond donors (Lipinski definition) is 1. The molecule has 19 heavy (non-hydrogen) atoms. The molecule has 0 radical (unpaired) electrons. The number of anilines is 1. The fourth-order valence-corrected chi connectivity index (χ4v) is 2.58. The highest BCUT2D eigenvalue weighted by Crippen LogP contribution is 2.11. The number of nitrogens with one attached hydrogen (secondary N) is 1. The Hall–Kier alpha value is -1.36. The van der Waals surface area contributed by atoms with Crippen LogP contribution in [0, 0.1) is 0 Å². The number of likely N-dealkylation sites (N-methyl/N-ethyl adjacent to an activating group) is 1. The van der Waals surface area contributed by atoms with E-state index in [2.05, 4.69) is 22.1 Å². The average molecular weight is 264 g/mol. The summed E-state index contributed by atoms with van der Waals surface area (Å²) < 4.78 is 1.74. The highest BCUT2D eigenvalue weighted by molar-refractivity contribution is 5.36. The maximum absolute atomic E-state index is 12.4. The lowest BCUT2D eigenvalue weighted by Crippen LogP contribution is -2.41. The van der Waals surface area contributed by atoms with Gasteiger partial charge in [-0.3, -0.25) is 4.79 Å². The summed E-state index contributed by atoms with van der Waals surface area (Å²) in [5, 5.41) is 3.47. The van der Waals surface area contributed by atoms with Crippen LogP contribution in [-0.2, 0) is 0 Å². The van der Waals surface area contributed by atoms with Gasteiger partial charge >= 0.3 is 0 Å². The van der Waals surface area contributed by atoms with E-state index < -0.39 is 0 Å². The van der Waals surface area contributed by atoms with Gasteiger partial charge in [-0.15, -0.1) is 0 Å². The van der Waals surface area contributed by atoms with Crippen LogP contribution in [0.15, 0.2) is 17.2 Å².